The van der Waals surface area contributed by atoms with Crippen molar-refractivity contribution in [2.45, 2.75) is 16.0 Å². The summed E-state index contributed by atoms with van der Waals surface area (Å²) in [5, 5.41) is 4.76. The normalized spacial score (nSPS) is 15.4. The van der Waals surface area contributed by atoms with E-state index in [4.69, 9.17) is 9.47 Å². The van der Waals surface area contributed by atoms with Gasteiger partial charge in [-0.25, -0.2) is 10.4 Å². The van der Waals surface area contributed by atoms with Gasteiger partial charge in [0.2, 0.25) is 5.91 Å². The van der Waals surface area contributed by atoms with E-state index in [1.54, 1.807) is 12.1 Å². The molecule has 1 fully saturated rings. The number of hydrogen-bond donors (Lipinski definition) is 2. The van der Waals surface area contributed by atoms with Crippen LogP contribution in [0.25, 0.3) is 10.2 Å². The first-order valence-electron chi connectivity index (χ1n) is 10.1. The highest BCUT2D eigenvalue weighted by Gasteiger charge is 2.34. The van der Waals surface area contributed by atoms with Crippen molar-refractivity contribution in [2.24, 2.45) is 5.10 Å². The first kappa shape index (κ1) is 24.7. The summed E-state index contributed by atoms with van der Waals surface area (Å²) in [4.78, 5) is 51.6. The van der Waals surface area contributed by atoms with Gasteiger partial charge in [-0.05, 0) is 35.9 Å². The van der Waals surface area contributed by atoms with Crippen molar-refractivity contribution in [3.8, 4) is 11.5 Å². The Labute approximate surface area is 211 Å². The molecule has 1 atom stereocenters. The highest BCUT2D eigenvalue weighted by molar-refractivity contribution is 8.15. The molecule has 3 amide bonds. The molecule has 0 bridgehead atoms. The van der Waals surface area contributed by atoms with Crippen LogP contribution in [0.1, 0.15) is 12.0 Å². The Morgan fingerprint density at radius 2 is 2.06 bits per heavy atom. The monoisotopic (exact) mass is 530 g/mol. The maximum absolute atomic E-state index is 12.2. The van der Waals surface area contributed by atoms with Gasteiger partial charge in [-0.15, -0.1) is 11.3 Å². The second-order valence-electron chi connectivity index (χ2n) is 7.00. The Morgan fingerprint density at radius 3 is 2.80 bits per heavy atom. The largest absolute Gasteiger partial charge is 0.493 e. The minimum absolute atomic E-state index is 0.153. The molecule has 3 aromatic rings. The van der Waals surface area contributed by atoms with Crippen LogP contribution in [0.5, 0.6) is 11.5 Å². The summed E-state index contributed by atoms with van der Waals surface area (Å²) in [6.07, 6.45) is 1.18. The fourth-order valence-corrected chi connectivity index (χ4v) is 5.61. The number of esters is 1. The molecule has 1 aliphatic rings. The molecule has 10 nitrogen and oxygen atoms in total. The standard InChI is InChI=1S/C22H18N4O6S3/c1-31-15-8-12(6-7-14(15)32-19(28)9-17-20(29)25-21(30)34-17)10-23-26-18(27)11-33-22-24-13-4-2-3-5-16(13)35-22/h2-8,10,17H,9,11H2,1H3,(H,26,27)(H,25,29,30)/b23-10+. The van der Waals surface area contributed by atoms with E-state index in [0.29, 0.717) is 5.56 Å². The minimum atomic E-state index is -0.816. The topological polar surface area (TPSA) is 136 Å². The number of amides is 3. The van der Waals surface area contributed by atoms with E-state index in [1.807, 2.05) is 24.3 Å². The lowest BCUT2D eigenvalue weighted by Gasteiger charge is -2.10. The van der Waals surface area contributed by atoms with Gasteiger partial charge in [0.25, 0.3) is 11.1 Å². The zero-order chi connectivity index (χ0) is 24.8. The van der Waals surface area contributed by atoms with Crippen molar-refractivity contribution in [2.75, 3.05) is 12.9 Å². The number of thiazole rings is 1. The summed E-state index contributed by atoms with van der Waals surface area (Å²) in [7, 11) is 1.41. The number of methoxy groups -OCH3 is 1. The van der Waals surface area contributed by atoms with Gasteiger partial charge in [0, 0.05) is 0 Å². The van der Waals surface area contributed by atoms with Crippen molar-refractivity contribution in [3.63, 3.8) is 0 Å². The maximum atomic E-state index is 12.2. The predicted octanol–water partition coefficient (Wildman–Crippen LogP) is 3.19. The number of ether oxygens (including phenoxy) is 2. The van der Waals surface area contributed by atoms with Crippen LogP contribution in [-0.2, 0) is 14.4 Å². The summed E-state index contributed by atoms with van der Waals surface area (Å²) < 4.78 is 12.4. The number of fused-ring (bicyclic) bond motifs is 1. The molecular weight excluding hydrogens is 512 g/mol. The van der Waals surface area contributed by atoms with Crippen molar-refractivity contribution in [3.05, 3.63) is 48.0 Å². The quantitative estimate of drug-likeness (QED) is 0.140. The maximum Gasteiger partial charge on any atom is 0.312 e. The lowest BCUT2D eigenvalue weighted by atomic mass is 10.2. The van der Waals surface area contributed by atoms with Crippen molar-refractivity contribution in [1.82, 2.24) is 15.7 Å². The van der Waals surface area contributed by atoms with Crippen LogP contribution in [0.3, 0.4) is 0 Å². The van der Waals surface area contributed by atoms with E-state index in [2.05, 4.69) is 20.8 Å². The van der Waals surface area contributed by atoms with Gasteiger partial charge < -0.3 is 9.47 Å². The Kier molecular flexibility index (Phi) is 8.00. The molecular formula is C22H18N4O6S3. The number of thioether (sulfide) groups is 2. The fourth-order valence-electron chi connectivity index (χ4n) is 2.94. The van der Waals surface area contributed by atoms with Crippen LogP contribution < -0.4 is 20.2 Å². The van der Waals surface area contributed by atoms with E-state index < -0.39 is 22.4 Å². The Bertz CT molecular complexity index is 1290. The molecule has 0 radical (unpaired) electrons. The number of rotatable bonds is 9. The lowest BCUT2D eigenvalue weighted by molar-refractivity contribution is -0.136. The summed E-state index contributed by atoms with van der Waals surface area (Å²) in [5.74, 6) is -0.894. The van der Waals surface area contributed by atoms with Crippen LogP contribution >= 0.6 is 34.9 Å². The Morgan fingerprint density at radius 1 is 1.23 bits per heavy atom. The second-order valence-corrected chi connectivity index (χ2v) is 10.4. The Hall–Kier alpha value is -3.42. The minimum Gasteiger partial charge on any atom is -0.493 e. The van der Waals surface area contributed by atoms with Crippen LogP contribution in [0.15, 0.2) is 51.9 Å². The number of benzene rings is 2. The van der Waals surface area contributed by atoms with E-state index in [0.717, 1.165) is 26.3 Å². The van der Waals surface area contributed by atoms with Gasteiger partial charge in [0.1, 0.15) is 5.25 Å². The van der Waals surface area contributed by atoms with E-state index in [-0.39, 0.29) is 29.6 Å². The SMILES string of the molecule is COc1cc(/C=N/NC(=O)CSc2nc3ccccc3s2)ccc1OC(=O)CC1SC(=O)NC1=O. The first-order valence-corrected chi connectivity index (χ1v) is 12.8. The van der Waals surface area contributed by atoms with E-state index >= 15 is 0 Å². The number of imide groups is 1. The first-order chi connectivity index (χ1) is 16.9. The summed E-state index contributed by atoms with van der Waals surface area (Å²) in [5.41, 5.74) is 3.96. The number of hydrogen-bond acceptors (Lipinski definition) is 11. The van der Waals surface area contributed by atoms with Gasteiger partial charge >= 0.3 is 5.97 Å². The van der Waals surface area contributed by atoms with Crippen LogP contribution in [-0.4, -0.2) is 52.3 Å². The smallest absolute Gasteiger partial charge is 0.312 e. The number of aromatic nitrogens is 1. The molecule has 0 aliphatic carbocycles. The molecule has 0 spiro atoms. The lowest BCUT2D eigenvalue weighted by Crippen LogP contribution is -2.27. The Balaban J connectivity index is 1.28. The second kappa shape index (κ2) is 11.3. The summed E-state index contributed by atoms with van der Waals surface area (Å²) >= 11 is 3.61. The average molecular weight is 531 g/mol. The number of nitrogens with zero attached hydrogens (tertiary/aromatic N) is 2. The molecule has 1 aliphatic heterocycles. The summed E-state index contributed by atoms with van der Waals surface area (Å²) in [6, 6.07) is 12.5. The van der Waals surface area contributed by atoms with Gasteiger partial charge in [-0.3, -0.25) is 24.5 Å². The van der Waals surface area contributed by atoms with E-state index in [1.165, 1.54) is 42.5 Å². The van der Waals surface area contributed by atoms with Gasteiger partial charge in [0.05, 0.1) is 35.7 Å². The molecule has 13 heteroatoms. The molecule has 1 saturated heterocycles. The highest BCUT2D eigenvalue weighted by Crippen LogP contribution is 2.30. The number of para-hydroxylation sites is 1. The number of carbonyl (C=O) groups excluding carboxylic acids is 4. The zero-order valence-electron chi connectivity index (χ0n) is 18.2. The number of hydrazone groups is 1. The molecule has 2 heterocycles. The zero-order valence-corrected chi connectivity index (χ0v) is 20.6. The molecule has 0 saturated carbocycles. The molecule has 180 valence electrons. The molecule has 4 rings (SSSR count). The van der Waals surface area contributed by atoms with Gasteiger partial charge in [-0.1, -0.05) is 35.7 Å². The van der Waals surface area contributed by atoms with Crippen molar-refractivity contribution in [1.29, 1.82) is 0 Å². The predicted molar refractivity (Wildman–Crippen MR) is 134 cm³/mol. The van der Waals surface area contributed by atoms with Gasteiger partial charge in [-0.2, -0.15) is 5.10 Å². The van der Waals surface area contributed by atoms with Crippen molar-refractivity contribution >= 4 is 74.3 Å². The number of carbonyl (C=O) groups is 4. The van der Waals surface area contributed by atoms with Crippen LogP contribution in [0, 0.1) is 0 Å². The highest BCUT2D eigenvalue weighted by atomic mass is 32.2. The van der Waals surface area contributed by atoms with Crippen LogP contribution in [0.4, 0.5) is 4.79 Å². The fraction of sp³-hybridized carbons (Fsp3) is 0.182. The van der Waals surface area contributed by atoms with E-state index in [9.17, 15) is 19.2 Å². The third-order valence-electron chi connectivity index (χ3n) is 4.53. The van der Waals surface area contributed by atoms with Gasteiger partial charge in [0.15, 0.2) is 15.8 Å². The molecule has 2 N–H and O–H groups in total. The third kappa shape index (κ3) is 6.59. The van der Waals surface area contributed by atoms with Crippen molar-refractivity contribution < 1.29 is 28.7 Å². The molecule has 2 aromatic carbocycles. The van der Waals surface area contributed by atoms with Crippen LogP contribution in [0.2, 0.25) is 0 Å². The third-order valence-corrected chi connectivity index (χ3v) is 7.70. The average Bonchev–Trinajstić information content (AvgIpc) is 3.40. The molecule has 1 unspecified atom stereocenters. The summed E-state index contributed by atoms with van der Waals surface area (Å²) in [6.45, 7) is 0. The number of nitrogens with one attached hydrogen (secondary N) is 2. The molecule has 35 heavy (non-hydrogen) atoms. The molecule has 1 aromatic heterocycles.